The molecule has 4 rings (SSSR count). The zero-order chi connectivity index (χ0) is 22.8. The van der Waals surface area contributed by atoms with E-state index in [2.05, 4.69) is 15.3 Å². The van der Waals surface area contributed by atoms with Crippen LogP contribution in [-0.2, 0) is 6.54 Å². The third-order valence-corrected chi connectivity index (χ3v) is 6.17. The van der Waals surface area contributed by atoms with Crippen LogP contribution in [-0.4, -0.2) is 40.2 Å². The molecular formula is C22H21BN4O4S. The molecule has 0 radical (unpaired) electrons. The van der Waals surface area contributed by atoms with Crippen LogP contribution in [0.3, 0.4) is 0 Å². The van der Waals surface area contributed by atoms with Crippen molar-refractivity contribution in [2.24, 2.45) is 5.73 Å². The molecule has 0 saturated carbocycles. The van der Waals surface area contributed by atoms with Gasteiger partial charge in [-0.25, -0.2) is 4.98 Å². The Morgan fingerprint density at radius 3 is 2.69 bits per heavy atom. The van der Waals surface area contributed by atoms with Gasteiger partial charge in [0.05, 0.1) is 12.7 Å². The van der Waals surface area contributed by atoms with Gasteiger partial charge in [0.1, 0.15) is 5.82 Å². The molecule has 0 atom stereocenters. The van der Waals surface area contributed by atoms with Gasteiger partial charge in [0.15, 0.2) is 5.82 Å². The van der Waals surface area contributed by atoms with Crippen molar-refractivity contribution < 1.29 is 19.6 Å². The van der Waals surface area contributed by atoms with Crippen molar-refractivity contribution >= 4 is 45.7 Å². The highest BCUT2D eigenvalue weighted by Crippen LogP contribution is 2.39. The number of carbonyl (C=O) groups is 1. The summed E-state index contributed by atoms with van der Waals surface area (Å²) in [5.41, 5.74) is 8.11. The second-order valence-corrected chi connectivity index (χ2v) is 8.40. The third-order valence-electron chi connectivity index (χ3n) is 5.02. The molecule has 0 aliphatic carbocycles. The number of hydrogen-bond donors (Lipinski definition) is 4. The number of anilines is 1. The first-order valence-corrected chi connectivity index (χ1v) is 10.6. The van der Waals surface area contributed by atoms with E-state index >= 15 is 0 Å². The summed E-state index contributed by atoms with van der Waals surface area (Å²) in [6.07, 6.45) is 0. The molecule has 4 aromatic rings. The lowest BCUT2D eigenvalue weighted by molar-refractivity contribution is 0.100. The number of methoxy groups -OCH3 is 1. The van der Waals surface area contributed by atoms with Crippen molar-refractivity contribution in [2.75, 3.05) is 12.4 Å². The maximum absolute atomic E-state index is 11.8. The maximum Gasteiger partial charge on any atom is 0.488 e. The van der Waals surface area contributed by atoms with E-state index in [0.29, 0.717) is 35.1 Å². The molecule has 0 unspecified atom stereocenters. The van der Waals surface area contributed by atoms with E-state index in [1.165, 1.54) is 18.4 Å². The van der Waals surface area contributed by atoms with Crippen molar-refractivity contribution in [1.29, 1.82) is 0 Å². The van der Waals surface area contributed by atoms with Gasteiger partial charge in [-0.15, -0.1) is 11.3 Å². The van der Waals surface area contributed by atoms with Crippen LogP contribution in [0.4, 0.5) is 5.82 Å². The van der Waals surface area contributed by atoms with Gasteiger partial charge in [-0.05, 0) is 24.0 Å². The third kappa shape index (κ3) is 4.29. The smallest absolute Gasteiger partial charge is 0.481 e. The number of carbonyl (C=O) groups excluding carboxylic acids is 1. The molecule has 2 aromatic heterocycles. The molecule has 5 N–H and O–H groups in total. The highest BCUT2D eigenvalue weighted by molar-refractivity contribution is 7.20. The van der Waals surface area contributed by atoms with Gasteiger partial charge in [-0.3, -0.25) is 4.79 Å². The Bertz CT molecular complexity index is 1310. The van der Waals surface area contributed by atoms with Gasteiger partial charge in [-0.1, -0.05) is 36.4 Å². The number of benzene rings is 2. The Hall–Kier alpha value is -3.47. The molecule has 2 aromatic carbocycles. The average Bonchev–Trinajstić information content (AvgIpc) is 3.13. The molecule has 0 fully saturated rings. The summed E-state index contributed by atoms with van der Waals surface area (Å²) in [5.74, 6) is 0.928. The summed E-state index contributed by atoms with van der Waals surface area (Å²) in [5, 5.41) is 22.9. The maximum atomic E-state index is 11.8. The molecule has 0 bridgehead atoms. The fourth-order valence-corrected chi connectivity index (χ4v) is 4.67. The molecule has 10 heteroatoms. The van der Waals surface area contributed by atoms with Gasteiger partial charge in [0.2, 0.25) is 11.8 Å². The lowest BCUT2D eigenvalue weighted by Gasteiger charge is -2.11. The van der Waals surface area contributed by atoms with Crippen molar-refractivity contribution in [3.05, 3.63) is 64.5 Å². The van der Waals surface area contributed by atoms with Gasteiger partial charge in [0.25, 0.3) is 0 Å². The van der Waals surface area contributed by atoms with Crippen molar-refractivity contribution in [3.63, 3.8) is 0 Å². The van der Waals surface area contributed by atoms with E-state index in [1.807, 2.05) is 19.1 Å². The fraction of sp³-hybridized carbons (Fsp3) is 0.136. The van der Waals surface area contributed by atoms with E-state index in [-0.39, 0.29) is 0 Å². The summed E-state index contributed by atoms with van der Waals surface area (Å²) < 4.78 is 6.18. The lowest BCUT2D eigenvalue weighted by Crippen LogP contribution is -2.30. The first kappa shape index (κ1) is 21.8. The largest absolute Gasteiger partial charge is 0.488 e. The van der Waals surface area contributed by atoms with Crippen LogP contribution >= 0.6 is 11.3 Å². The number of rotatable bonds is 7. The minimum absolute atomic E-state index is 0.391. The van der Waals surface area contributed by atoms with Crippen LogP contribution in [0.25, 0.3) is 21.5 Å². The second kappa shape index (κ2) is 8.95. The van der Waals surface area contributed by atoms with Crippen LogP contribution in [0.2, 0.25) is 0 Å². The molecular weight excluding hydrogens is 427 g/mol. The van der Waals surface area contributed by atoms with E-state index in [9.17, 15) is 14.8 Å². The quantitative estimate of drug-likeness (QED) is 0.319. The number of fused-ring (bicyclic) bond motifs is 1. The summed E-state index contributed by atoms with van der Waals surface area (Å²) in [4.78, 5) is 22.0. The normalized spacial score (nSPS) is 10.9. The van der Waals surface area contributed by atoms with Crippen molar-refractivity contribution in [3.8, 4) is 17.3 Å². The Kier molecular flexibility index (Phi) is 6.09. The van der Waals surface area contributed by atoms with Gasteiger partial charge in [0, 0.05) is 33.1 Å². The molecule has 0 aliphatic rings. The summed E-state index contributed by atoms with van der Waals surface area (Å²) in [6.45, 7) is 2.36. The number of amides is 1. The van der Waals surface area contributed by atoms with Crippen LogP contribution in [0.1, 0.15) is 20.8 Å². The number of nitrogens with zero attached hydrogens (tertiary/aromatic N) is 2. The average molecular weight is 448 g/mol. The number of nitrogens with two attached hydrogens (primary N) is 1. The zero-order valence-electron chi connectivity index (χ0n) is 17.5. The second-order valence-electron chi connectivity index (χ2n) is 7.17. The van der Waals surface area contributed by atoms with Crippen LogP contribution in [0, 0.1) is 6.92 Å². The Labute approximate surface area is 188 Å². The number of aryl methyl sites for hydroxylation is 1. The monoisotopic (exact) mass is 448 g/mol. The van der Waals surface area contributed by atoms with E-state index in [4.69, 9.17) is 10.5 Å². The van der Waals surface area contributed by atoms with E-state index in [1.54, 1.807) is 36.4 Å². The van der Waals surface area contributed by atoms with Crippen molar-refractivity contribution in [1.82, 2.24) is 9.97 Å². The SMILES string of the molecule is COc1cc(NCc2cccc(B(O)O)c2)nc(-c2c(C)sc3c(C(N)=O)cccc23)n1. The molecule has 0 aliphatic heterocycles. The predicted molar refractivity (Wildman–Crippen MR) is 126 cm³/mol. The van der Waals surface area contributed by atoms with Crippen molar-refractivity contribution in [2.45, 2.75) is 13.5 Å². The Morgan fingerprint density at radius 1 is 1.19 bits per heavy atom. The minimum Gasteiger partial charge on any atom is -0.481 e. The van der Waals surface area contributed by atoms with Gasteiger partial charge >= 0.3 is 7.12 Å². The van der Waals surface area contributed by atoms with Crippen LogP contribution < -0.4 is 21.3 Å². The Morgan fingerprint density at radius 2 is 1.97 bits per heavy atom. The number of primary amides is 1. The van der Waals surface area contributed by atoms with Gasteiger partial charge in [-0.2, -0.15) is 4.98 Å². The van der Waals surface area contributed by atoms with E-state index < -0.39 is 13.0 Å². The summed E-state index contributed by atoms with van der Waals surface area (Å²) in [6, 6.07) is 14.1. The first-order valence-electron chi connectivity index (χ1n) is 9.81. The summed E-state index contributed by atoms with van der Waals surface area (Å²) >= 11 is 1.47. The fourth-order valence-electron chi connectivity index (χ4n) is 3.50. The molecule has 32 heavy (non-hydrogen) atoms. The lowest BCUT2D eigenvalue weighted by atomic mass is 9.80. The summed E-state index contributed by atoms with van der Waals surface area (Å²) in [7, 11) is 0.00651. The number of thiophene rings is 1. The molecule has 2 heterocycles. The molecule has 162 valence electrons. The molecule has 8 nitrogen and oxygen atoms in total. The highest BCUT2D eigenvalue weighted by atomic mass is 32.1. The number of ether oxygens (including phenoxy) is 1. The highest BCUT2D eigenvalue weighted by Gasteiger charge is 2.19. The number of nitrogens with one attached hydrogen (secondary N) is 1. The van der Waals surface area contributed by atoms with Crippen LogP contribution in [0.5, 0.6) is 5.88 Å². The number of hydrogen-bond acceptors (Lipinski definition) is 8. The molecule has 1 amide bonds. The predicted octanol–water partition coefficient (Wildman–Crippen LogP) is 2.07. The molecule has 0 saturated heterocycles. The topological polar surface area (TPSA) is 131 Å². The Balaban J connectivity index is 1.72. The van der Waals surface area contributed by atoms with E-state index in [0.717, 1.165) is 26.1 Å². The zero-order valence-corrected chi connectivity index (χ0v) is 18.3. The van der Waals surface area contributed by atoms with Gasteiger partial charge < -0.3 is 25.8 Å². The first-order chi connectivity index (χ1) is 15.4. The number of aromatic nitrogens is 2. The van der Waals surface area contributed by atoms with Crippen LogP contribution in [0.15, 0.2) is 48.5 Å². The minimum atomic E-state index is -1.53. The standard InChI is InChI=1S/C22H21BN4O4S/c1-12-19(15-7-4-8-16(21(24)28)20(15)32-12)22-26-17(10-18(27-22)31-2)25-11-13-5-3-6-14(9-13)23(29)30/h3-10,29-30H,11H2,1-2H3,(H2,24,28)(H,25,26,27). The molecule has 0 spiro atoms.